The molecular weight excluding hydrogens is 212 g/mol. The Bertz CT molecular complexity index is 356. The summed E-state index contributed by atoms with van der Waals surface area (Å²) in [4.78, 5) is 11.9. The van der Waals surface area contributed by atoms with Crippen LogP contribution in [0, 0.1) is 5.92 Å². The normalized spacial score (nSPS) is 13.8. The van der Waals surface area contributed by atoms with Gasteiger partial charge in [-0.2, -0.15) is 0 Å². The van der Waals surface area contributed by atoms with E-state index in [1.165, 1.54) is 0 Å². The van der Waals surface area contributed by atoms with Crippen LogP contribution >= 0.6 is 0 Å². The third-order valence-corrected chi connectivity index (χ3v) is 2.94. The van der Waals surface area contributed by atoms with Crippen molar-refractivity contribution >= 4 is 5.97 Å². The first-order chi connectivity index (χ1) is 8.20. The predicted molar refractivity (Wildman–Crippen MR) is 69.8 cm³/mol. The fraction of sp³-hybridized carbons (Fsp3) is 0.400. The molecule has 0 fully saturated rings. The Labute approximate surface area is 103 Å². The maximum atomic E-state index is 11.9. The minimum Gasteiger partial charge on any atom is -0.466 e. The van der Waals surface area contributed by atoms with Gasteiger partial charge in [-0.15, -0.1) is 6.58 Å². The monoisotopic (exact) mass is 232 g/mol. The highest BCUT2D eigenvalue weighted by Gasteiger charge is 2.26. The summed E-state index contributed by atoms with van der Waals surface area (Å²) in [6, 6.07) is 10.0. The first kappa shape index (κ1) is 13.5. The van der Waals surface area contributed by atoms with Crippen LogP contribution in [0.5, 0.6) is 0 Å². The van der Waals surface area contributed by atoms with Crippen molar-refractivity contribution in [2.24, 2.45) is 5.92 Å². The lowest BCUT2D eigenvalue weighted by Gasteiger charge is -2.21. The van der Waals surface area contributed by atoms with Crippen LogP contribution in [0.1, 0.15) is 31.7 Å². The SMILES string of the molecule is C=CC[C@@H](C(=O)OCC)[C@@H](C)c1ccccc1. The van der Waals surface area contributed by atoms with Crippen LogP contribution in [0.4, 0.5) is 0 Å². The number of carbonyl (C=O) groups is 1. The average molecular weight is 232 g/mol. The largest absolute Gasteiger partial charge is 0.466 e. The second kappa shape index (κ2) is 6.89. The molecule has 0 bridgehead atoms. The molecule has 2 heteroatoms. The van der Waals surface area contributed by atoms with Crippen LogP contribution in [-0.2, 0) is 9.53 Å². The second-order valence-corrected chi connectivity index (χ2v) is 4.08. The van der Waals surface area contributed by atoms with Crippen LogP contribution < -0.4 is 0 Å². The highest BCUT2D eigenvalue weighted by molar-refractivity contribution is 5.73. The maximum absolute atomic E-state index is 11.9. The summed E-state index contributed by atoms with van der Waals surface area (Å²) in [5.74, 6) is -0.133. The van der Waals surface area contributed by atoms with Crippen molar-refractivity contribution in [3.8, 4) is 0 Å². The molecule has 0 aliphatic rings. The van der Waals surface area contributed by atoms with Gasteiger partial charge in [0, 0.05) is 0 Å². The molecule has 1 aromatic rings. The van der Waals surface area contributed by atoms with Gasteiger partial charge in [-0.05, 0) is 24.8 Å². The summed E-state index contributed by atoms with van der Waals surface area (Å²) < 4.78 is 5.11. The average Bonchev–Trinajstić information content (AvgIpc) is 2.36. The van der Waals surface area contributed by atoms with E-state index >= 15 is 0 Å². The molecule has 0 amide bonds. The highest BCUT2D eigenvalue weighted by Crippen LogP contribution is 2.28. The van der Waals surface area contributed by atoms with E-state index in [0.29, 0.717) is 13.0 Å². The van der Waals surface area contributed by atoms with E-state index in [1.807, 2.05) is 37.3 Å². The second-order valence-electron chi connectivity index (χ2n) is 4.08. The van der Waals surface area contributed by atoms with Crippen LogP contribution in [0.25, 0.3) is 0 Å². The van der Waals surface area contributed by atoms with Crippen LogP contribution in [0.15, 0.2) is 43.0 Å². The van der Waals surface area contributed by atoms with E-state index < -0.39 is 0 Å². The topological polar surface area (TPSA) is 26.3 Å². The fourth-order valence-electron chi connectivity index (χ4n) is 1.92. The van der Waals surface area contributed by atoms with Gasteiger partial charge in [-0.3, -0.25) is 4.79 Å². The number of allylic oxidation sites excluding steroid dienone is 1. The minimum atomic E-state index is -0.144. The number of benzene rings is 1. The maximum Gasteiger partial charge on any atom is 0.309 e. The van der Waals surface area contributed by atoms with Crippen LogP contribution in [0.3, 0.4) is 0 Å². The molecule has 0 saturated carbocycles. The molecule has 0 spiro atoms. The summed E-state index contributed by atoms with van der Waals surface area (Å²) in [6.07, 6.45) is 2.43. The van der Waals surface area contributed by atoms with Crippen LogP contribution in [0.2, 0.25) is 0 Å². The van der Waals surface area contributed by atoms with Gasteiger partial charge in [0.25, 0.3) is 0 Å². The number of esters is 1. The summed E-state index contributed by atoms with van der Waals surface area (Å²) in [5, 5.41) is 0. The van der Waals surface area contributed by atoms with Gasteiger partial charge in [0.05, 0.1) is 12.5 Å². The van der Waals surface area contributed by atoms with E-state index in [0.717, 1.165) is 5.56 Å². The lowest BCUT2D eigenvalue weighted by atomic mass is 9.85. The van der Waals surface area contributed by atoms with Crippen molar-refractivity contribution in [2.75, 3.05) is 6.61 Å². The molecule has 2 nitrogen and oxygen atoms in total. The predicted octanol–water partition coefficient (Wildman–Crippen LogP) is 3.55. The molecule has 2 atom stereocenters. The Morgan fingerprint density at radius 3 is 2.59 bits per heavy atom. The van der Waals surface area contributed by atoms with Gasteiger partial charge in [-0.25, -0.2) is 0 Å². The third-order valence-electron chi connectivity index (χ3n) is 2.94. The number of ether oxygens (including phenoxy) is 1. The molecule has 92 valence electrons. The lowest BCUT2D eigenvalue weighted by molar-refractivity contribution is -0.148. The molecule has 0 N–H and O–H groups in total. The standard InChI is InChI=1S/C15H20O2/c1-4-9-14(15(16)17-5-2)12(3)13-10-7-6-8-11-13/h4,6-8,10-12,14H,1,5,9H2,2-3H3/t12-,14+/m0/s1. The van der Waals surface area contributed by atoms with Gasteiger partial charge in [-0.1, -0.05) is 43.3 Å². The zero-order valence-corrected chi connectivity index (χ0v) is 10.6. The Kier molecular flexibility index (Phi) is 5.47. The van der Waals surface area contributed by atoms with E-state index in [2.05, 4.69) is 13.5 Å². The van der Waals surface area contributed by atoms with E-state index in [-0.39, 0.29) is 17.8 Å². The van der Waals surface area contributed by atoms with Crippen LogP contribution in [-0.4, -0.2) is 12.6 Å². The zero-order chi connectivity index (χ0) is 12.7. The van der Waals surface area contributed by atoms with Crippen molar-refractivity contribution in [2.45, 2.75) is 26.2 Å². The summed E-state index contributed by atoms with van der Waals surface area (Å²) >= 11 is 0. The first-order valence-corrected chi connectivity index (χ1v) is 6.03. The van der Waals surface area contributed by atoms with Crippen molar-refractivity contribution in [1.82, 2.24) is 0 Å². The van der Waals surface area contributed by atoms with Gasteiger partial charge in [0.1, 0.15) is 0 Å². The molecule has 0 aliphatic carbocycles. The Hall–Kier alpha value is -1.57. The molecule has 0 aromatic heterocycles. The van der Waals surface area contributed by atoms with Crippen molar-refractivity contribution in [3.63, 3.8) is 0 Å². The fourth-order valence-corrected chi connectivity index (χ4v) is 1.92. The van der Waals surface area contributed by atoms with E-state index in [4.69, 9.17) is 4.74 Å². The summed E-state index contributed by atoms with van der Waals surface area (Å²) in [5.41, 5.74) is 1.16. The molecule has 0 unspecified atom stereocenters. The molecule has 0 radical (unpaired) electrons. The zero-order valence-electron chi connectivity index (χ0n) is 10.6. The van der Waals surface area contributed by atoms with Gasteiger partial charge < -0.3 is 4.74 Å². The minimum absolute atomic E-state index is 0.135. The van der Waals surface area contributed by atoms with Crippen molar-refractivity contribution < 1.29 is 9.53 Å². The van der Waals surface area contributed by atoms with Gasteiger partial charge >= 0.3 is 5.97 Å². The molecule has 1 rings (SSSR count). The van der Waals surface area contributed by atoms with Crippen molar-refractivity contribution in [3.05, 3.63) is 48.6 Å². The molecule has 0 aliphatic heterocycles. The Balaban J connectivity index is 2.83. The van der Waals surface area contributed by atoms with E-state index in [9.17, 15) is 4.79 Å². The quantitative estimate of drug-likeness (QED) is 0.554. The number of rotatable bonds is 6. The number of carbonyl (C=O) groups excluding carboxylic acids is 1. The number of hydrogen-bond donors (Lipinski definition) is 0. The molecule has 0 saturated heterocycles. The molecule has 0 heterocycles. The smallest absolute Gasteiger partial charge is 0.309 e. The van der Waals surface area contributed by atoms with Crippen molar-refractivity contribution in [1.29, 1.82) is 0 Å². The summed E-state index contributed by atoms with van der Waals surface area (Å²) in [7, 11) is 0. The molecule has 17 heavy (non-hydrogen) atoms. The lowest BCUT2D eigenvalue weighted by Crippen LogP contribution is -2.22. The first-order valence-electron chi connectivity index (χ1n) is 6.03. The van der Waals surface area contributed by atoms with Gasteiger partial charge in [0.2, 0.25) is 0 Å². The molecular formula is C15H20O2. The Morgan fingerprint density at radius 2 is 2.06 bits per heavy atom. The molecule has 1 aromatic carbocycles. The van der Waals surface area contributed by atoms with E-state index in [1.54, 1.807) is 6.08 Å². The summed E-state index contributed by atoms with van der Waals surface area (Å²) in [6.45, 7) is 8.02. The Morgan fingerprint density at radius 1 is 1.41 bits per heavy atom. The highest BCUT2D eigenvalue weighted by atomic mass is 16.5. The third kappa shape index (κ3) is 3.74. The number of hydrogen-bond acceptors (Lipinski definition) is 2. The van der Waals surface area contributed by atoms with Gasteiger partial charge in [0.15, 0.2) is 0 Å².